The number of cyclic esters (lactones) is 1. The summed E-state index contributed by atoms with van der Waals surface area (Å²) in [6.45, 7) is 11.7. The van der Waals surface area contributed by atoms with Crippen molar-refractivity contribution in [3.63, 3.8) is 0 Å². The number of unbranched alkanes of at least 4 members (excludes halogenated alkanes) is 3. The maximum absolute atomic E-state index is 13.8. The molecule has 3 heterocycles. The van der Waals surface area contributed by atoms with E-state index in [1.807, 2.05) is 6.07 Å². The Morgan fingerprint density at radius 2 is 1.51 bits per heavy atom. The molecule has 0 N–H and O–H groups in total. The van der Waals surface area contributed by atoms with Crippen LogP contribution in [0.2, 0.25) is 0 Å². The molecule has 0 fully saturated rings. The van der Waals surface area contributed by atoms with Crippen LogP contribution in [0, 0.1) is 6.92 Å². The number of nitrogens with zero attached hydrogens (tertiary/aromatic N) is 4. The smallest absolute Gasteiger partial charge is 0.360 e. The van der Waals surface area contributed by atoms with Crippen molar-refractivity contribution in [2.45, 2.75) is 78.4 Å². The summed E-state index contributed by atoms with van der Waals surface area (Å²) in [7, 11) is 0. The lowest BCUT2D eigenvalue weighted by molar-refractivity contribution is 0.0245. The lowest BCUT2D eigenvalue weighted by atomic mass is 9.78. The van der Waals surface area contributed by atoms with Gasteiger partial charge in [-0.3, -0.25) is 4.98 Å². The van der Waals surface area contributed by atoms with E-state index in [0.717, 1.165) is 97.0 Å². The second kappa shape index (κ2) is 13.3. The summed E-state index contributed by atoms with van der Waals surface area (Å²) in [6.07, 6.45) is 9.94. The Morgan fingerprint density at radius 1 is 0.822 bits per heavy atom. The molecule has 232 valence electrons. The molecular weight excluding hydrogens is 556 g/mol. The summed E-state index contributed by atoms with van der Waals surface area (Å²) in [4.78, 5) is 25.7. The average Bonchev–Trinajstić information content (AvgIpc) is 3.56. The maximum atomic E-state index is 13.8. The Morgan fingerprint density at radius 3 is 2.22 bits per heavy atom. The Bertz CT molecular complexity index is 1790. The van der Waals surface area contributed by atoms with Crippen molar-refractivity contribution in [2.75, 3.05) is 18.0 Å². The molecule has 45 heavy (non-hydrogen) atoms. The van der Waals surface area contributed by atoms with E-state index in [9.17, 15) is 4.79 Å². The zero-order valence-corrected chi connectivity index (χ0v) is 27.1. The first-order valence-electron chi connectivity index (χ1n) is 16.6. The van der Waals surface area contributed by atoms with Crippen LogP contribution in [-0.4, -0.2) is 33.6 Å². The number of esters is 1. The standard InChI is InChI=1S/C39H44N4O2/c1-5-8-24-42(25-9-6-2)30-20-21-32(28(4)27-30)39(37-35(38(44)45-39)40-22-23-41-37)34-31-18-14-15-19-33(31)43(26-10-7-3)36(34)29-16-12-11-13-17-29/h11-23,27H,5-10,24-26H2,1-4H3. The molecule has 1 aliphatic rings. The van der Waals surface area contributed by atoms with Crippen LogP contribution in [0.4, 0.5) is 5.69 Å². The Kier molecular flexibility index (Phi) is 9.02. The maximum Gasteiger partial charge on any atom is 0.360 e. The number of benzene rings is 3. The first-order chi connectivity index (χ1) is 22.0. The van der Waals surface area contributed by atoms with Gasteiger partial charge in [0.25, 0.3) is 0 Å². The molecular formula is C39H44N4O2. The van der Waals surface area contributed by atoms with E-state index in [4.69, 9.17) is 9.72 Å². The number of hydrogen-bond acceptors (Lipinski definition) is 5. The topological polar surface area (TPSA) is 60.2 Å². The van der Waals surface area contributed by atoms with Crippen molar-refractivity contribution in [1.29, 1.82) is 0 Å². The van der Waals surface area contributed by atoms with Crippen molar-refractivity contribution < 1.29 is 9.53 Å². The molecule has 0 aliphatic carbocycles. The molecule has 3 aromatic carbocycles. The SMILES string of the molecule is CCCCN(CCCC)c1ccc(C2(c3c(-c4ccccc4)n(CCCC)c4ccccc34)OC(=O)c3nccnc32)c(C)c1. The van der Waals surface area contributed by atoms with Gasteiger partial charge in [-0.05, 0) is 55.5 Å². The summed E-state index contributed by atoms with van der Waals surface area (Å²) < 4.78 is 9.11. The highest BCUT2D eigenvalue weighted by Crippen LogP contribution is 2.53. The highest BCUT2D eigenvalue weighted by atomic mass is 16.6. The molecule has 0 radical (unpaired) electrons. The van der Waals surface area contributed by atoms with E-state index in [2.05, 4.69) is 109 Å². The average molecular weight is 601 g/mol. The van der Waals surface area contributed by atoms with E-state index < -0.39 is 11.6 Å². The Hall–Kier alpha value is -4.45. The number of anilines is 1. The third-order valence-electron chi connectivity index (χ3n) is 9.09. The number of aromatic nitrogens is 3. The second-order valence-electron chi connectivity index (χ2n) is 12.1. The fraction of sp³-hybridized carbons (Fsp3) is 0.359. The molecule has 6 rings (SSSR count). The largest absolute Gasteiger partial charge is 0.438 e. The van der Waals surface area contributed by atoms with Crippen molar-refractivity contribution in [3.05, 3.63) is 113 Å². The van der Waals surface area contributed by atoms with E-state index >= 15 is 0 Å². The van der Waals surface area contributed by atoms with E-state index in [1.165, 1.54) is 5.69 Å². The monoisotopic (exact) mass is 600 g/mol. The van der Waals surface area contributed by atoms with Gasteiger partial charge in [-0.25, -0.2) is 9.78 Å². The van der Waals surface area contributed by atoms with Crippen LogP contribution in [0.5, 0.6) is 0 Å². The van der Waals surface area contributed by atoms with Gasteiger partial charge in [0, 0.05) is 59.7 Å². The highest BCUT2D eigenvalue weighted by molar-refractivity contribution is 5.99. The van der Waals surface area contributed by atoms with Crippen LogP contribution in [0.1, 0.15) is 92.2 Å². The van der Waals surface area contributed by atoms with Gasteiger partial charge in [-0.1, -0.05) is 94.6 Å². The minimum Gasteiger partial charge on any atom is -0.438 e. The molecule has 1 aliphatic heterocycles. The van der Waals surface area contributed by atoms with Crippen molar-refractivity contribution in [1.82, 2.24) is 14.5 Å². The summed E-state index contributed by atoms with van der Waals surface area (Å²) in [5, 5.41) is 1.05. The first-order valence-corrected chi connectivity index (χ1v) is 16.6. The fourth-order valence-corrected chi connectivity index (χ4v) is 6.88. The number of carbonyl (C=O) groups is 1. The number of carbonyl (C=O) groups excluding carboxylic acids is 1. The van der Waals surface area contributed by atoms with E-state index in [-0.39, 0.29) is 5.69 Å². The predicted molar refractivity (Wildman–Crippen MR) is 183 cm³/mol. The molecule has 0 spiro atoms. The quantitative estimate of drug-likeness (QED) is 0.126. The van der Waals surface area contributed by atoms with E-state index in [0.29, 0.717) is 5.69 Å². The van der Waals surface area contributed by atoms with Crippen LogP contribution in [0.15, 0.2) is 85.2 Å². The summed E-state index contributed by atoms with van der Waals surface area (Å²) in [5.41, 5.74) is 6.91. The molecule has 6 nitrogen and oxygen atoms in total. The van der Waals surface area contributed by atoms with Crippen molar-refractivity contribution >= 4 is 22.6 Å². The number of hydrogen-bond donors (Lipinski definition) is 0. The molecule has 5 aromatic rings. The second-order valence-corrected chi connectivity index (χ2v) is 12.1. The van der Waals surface area contributed by atoms with Gasteiger partial charge in [-0.15, -0.1) is 0 Å². The lowest BCUT2D eigenvalue weighted by Gasteiger charge is -2.33. The Labute approximate surface area is 267 Å². The van der Waals surface area contributed by atoms with E-state index in [1.54, 1.807) is 12.4 Å². The van der Waals surface area contributed by atoms with Gasteiger partial charge in [-0.2, -0.15) is 0 Å². The predicted octanol–water partition coefficient (Wildman–Crippen LogP) is 9.08. The van der Waals surface area contributed by atoms with Crippen LogP contribution in [0.3, 0.4) is 0 Å². The van der Waals surface area contributed by atoms with Gasteiger partial charge in [0.05, 0.1) is 5.69 Å². The molecule has 1 unspecified atom stereocenters. The lowest BCUT2D eigenvalue weighted by Crippen LogP contribution is -2.32. The van der Waals surface area contributed by atoms with Crippen molar-refractivity contribution in [2.24, 2.45) is 0 Å². The normalized spacial score (nSPS) is 15.8. The number of para-hydroxylation sites is 1. The van der Waals surface area contributed by atoms with Crippen LogP contribution >= 0.6 is 0 Å². The summed E-state index contributed by atoms with van der Waals surface area (Å²) in [6, 6.07) is 25.6. The molecule has 0 saturated carbocycles. The van der Waals surface area contributed by atoms with Gasteiger partial charge in [0.2, 0.25) is 5.60 Å². The fourth-order valence-electron chi connectivity index (χ4n) is 6.88. The van der Waals surface area contributed by atoms with Crippen LogP contribution in [0.25, 0.3) is 22.2 Å². The van der Waals surface area contributed by atoms with Gasteiger partial charge < -0.3 is 14.2 Å². The minimum atomic E-state index is -1.27. The number of ether oxygens (including phenoxy) is 1. The molecule has 0 amide bonds. The zero-order chi connectivity index (χ0) is 31.4. The molecule has 2 aromatic heterocycles. The molecule has 6 heteroatoms. The summed E-state index contributed by atoms with van der Waals surface area (Å²) in [5.74, 6) is -0.446. The van der Waals surface area contributed by atoms with Crippen LogP contribution in [-0.2, 0) is 16.9 Å². The van der Waals surface area contributed by atoms with Gasteiger partial charge in [0.1, 0.15) is 5.69 Å². The minimum absolute atomic E-state index is 0.276. The number of rotatable bonds is 13. The summed E-state index contributed by atoms with van der Waals surface area (Å²) >= 11 is 0. The zero-order valence-electron chi connectivity index (χ0n) is 27.1. The molecule has 0 bridgehead atoms. The highest BCUT2D eigenvalue weighted by Gasteiger charge is 2.54. The first kappa shape index (κ1) is 30.6. The van der Waals surface area contributed by atoms with Gasteiger partial charge in [0.15, 0.2) is 5.69 Å². The van der Waals surface area contributed by atoms with Crippen LogP contribution < -0.4 is 4.90 Å². The third kappa shape index (κ3) is 5.41. The molecule has 1 atom stereocenters. The third-order valence-corrected chi connectivity index (χ3v) is 9.09. The van der Waals surface area contributed by atoms with Crippen molar-refractivity contribution in [3.8, 4) is 11.3 Å². The molecule has 0 saturated heterocycles. The number of fused-ring (bicyclic) bond motifs is 2. The Balaban J connectivity index is 1.67. The number of aryl methyl sites for hydroxylation is 2. The van der Waals surface area contributed by atoms with Gasteiger partial charge >= 0.3 is 5.97 Å².